The molecule has 0 spiro atoms. The summed E-state index contributed by atoms with van der Waals surface area (Å²) in [7, 11) is 0. The van der Waals surface area contributed by atoms with Gasteiger partial charge in [-0.25, -0.2) is 9.78 Å². The largest absolute Gasteiger partial charge is 0.251 e. The van der Waals surface area contributed by atoms with Crippen LogP contribution in [0, 0.1) is 0 Å². The van der Waals surface area contributed by atoms with E-state index < -0.39 is 11.7 Å². The van der Waals surface area contributed by atoms with Gasteiger partial charge in [0.25, 0.3) is 0 Å². The standard InChI is InChI=1S/C19H16O2.C13H12O2/c20-21-19(16-10-4-1-5-11-16,17-12-6-2-7-13-17)18-14-8-3-9-15-18;14-15-13(11-7-3-1-4-8-11)12-9-5-2-6-10-12/h1-15,20H;1-10,13-14H. The second kappa shape index (κ2) is 12.6. The van der Waals surface area contributed by atoms with Crippen molar-refractivity contribution in [2.75, 3.05) is 0 Å². The van der Waals surface area contributed by atoms with Gasteiger partial charge in [0.15, 0.2) is 5.60 Å². The summed E-state index contributed by atoms with van der Waals surface area (Å²) in [5.41, 5.74) is 3.49. The van der Waals surface area contributed by atoms with E-state index in [4.69, 9.17) is 10.1 Å². The number of rotatable bonds is 7. The maximum atomic E-state index is 9.84. The van der Waals surface area contributed by atoms with Crippen molar-refractivity contribution in [3.63, 3.8) is 0 Å². The summed E-state index contributed by atoms with van der Waals surface area (Å²) in [6.45, 7) is 0. The van der Waals surface area contributed by atoms with Crippen molar-refractivity contribution < 1.29 is 20.3 Å². The van der Waals surface area contributed by atoms with E-state index in [2.05, 4.69) is 4.89 Å². The highest BCUT2D eigenvalue weighted by Gasteiger charge is 2.38. The predicted octanol–water partition coefficient (Wildman–Crippen LogP) is 7.73. The van der Waals surface area contributed by atoms with Crippen LogP contribution < -0.4 is 0 Å². The third-order valence-electron chi connectivity index (χ3n) is 5.99. The molecule has 0 aliphatic carbocycles. The fourth-order valence-electron chi connectivity index (χ4n) is 4.25. The smallest absolute Gasteiger partial charge is 0.178 e. The Morgan fingerprint density at radius 1 is 0.417 bits per heavy atom. The number of benzene rings is 5. The Bertz CT molecular complexity index is 1140. The van der Waals surface area contributed by atoms with Crippen LogP contribution in [0.4, 0.5) is 0 Å². The highest BCUT2D eigenvalue weighted by Crippen LogP contribution is 2.39. The van der Waals surface area contributed by atoms with E-state index in [1.54, 1.807) is 0 Å². The first kappa shape index (κ1) is 25.0. The molecule has 0 atom stereocenters. The first-order valence-electron chi connectivity index (χ1n) is 11.7. The fraction of sp³-hybridized carbons (Fsp3) is 0.0625. The zero-order valence-corrected chi connectivity index (χ0v) is 19.7. The van der Waals surface area contributed by atoms with Crippen LogP contribution >= 0.6 is 0 Å². The van der Waals surface area contributed by atoms with Gasteiger partial charge in [0.2, 0.25) is 0 Å². The van der Waals surface area contributed by atoms with E-state index in [0.29, 0.717) is 0 Å². The van der Waals surface area contributed by atoms with Crippen molar-refractivity contribution in [1.82, 2.24) is 0 Å². The molecule has 0 amide bonds. The summed E-state index contributed by atoms with van der Waals surface area (Å²) < 4.78 is 0. The first-order valence-corrected chi connectivity index (χ1v) is 11.7. The summed E-state index contributed by atoms with van der Waals surface area (Å²) >= 11 is 0. The van der Waals surface area contributed by atoms with E-state index in [1.165, 1.54) is 0 Å². The molecule has 4 heteroatoms. The topological polar surface area (TPSA) is 58.9 Å². The molecule has 0 aliphatic rings. The molecule has 5 aromatic carbocycles. The van der Waals surface area contributed by atoms with Gasteiger partial charge in [-0.1, -0.05) is 152 Å². The van der Waals surface area contributed by atoms with Gasteiger partial charge in [0.1, 0.15) is 6.10 Å². The Kier molecular flexibility index (Phi) is 8.76. The Balaban J connectivity index is 0.000000179. The van der Waals surface area contributed by atoms with Crippen LogP contribution in [0.25, 0.3) is 0 Å². The fourth-order valence-corrected chi connectivity index (χ4v) is 4.25. The Morgan fingerprint density at radius 2 is 0.694 bits per heavy atom. The summed E-state index contributed by atoms with van der Waals surface area (Å²) in [5.74, 6) is 0. The molecule has 36 heavy (non-hydrogen) atoms. The molecule has 0 saturated heterocycles. The van der Waals surface area contributed by atoms with Gasteiger partial charge in [-0.3, -0.25) is 10.5 Å². The van der Waals surface area contributed by atoms with Gasteiger partial charge >= 0.3 is 0 Å². The van der Waals surface area contributed by atoms with Gasteiger partial charge in [-0.15, -0.1) is 0 Å². The summed E-state index contributed by atoms with van der Waals surface area (Å²) in [6, 6.07) is 48.5. The quantitative estimate of drug-likeness (QED) is 0.143. The molecule has 0 aromatic heterocycles. The molecule has 0 aliphatic heterocycles. The SMILES string of the molecule is OOC(c1ccccc1)(c1ccccc1)c1ccccc1.OOC(c1ccccc1)c1ccccc1. The molecule has 2 N–H and O–H groups in total. The Morgan fingerprint density at radius 3 is 0.944 bits per heavy atom. The minimum Gasteiger partial charge on any atom is -0.251 e. The molecular formula is C32H28O4. The van der Waals surface area contributed by atoms with Crippen LogP contribution in [0.1, 0.15) is 33.9 Å². The van der Waals surface area contributed by atoms with Crippen molar-refractivity contribution in [2.24, 2.45) is 0 Å². The molecule has 0 radical (unpaired) electrons. The Hall–Kier alpha value is -4.06. The zero-order chi connectivity index (χ0) is 25.1. The molecule has 0 bridgehead atoms. The molecule has 4 nitrogen and oxygen atoms in total. The molecule has 0 unspecified atom stereocenters. The van der Waals surface area contributed by atoms with Gasteiger partial charge in [-0.05, 0) is 27.8 Å². The van der Waals surface area contributed by atoms with Crippen molar-refractivity contribution >= 4 is 0 Å². The van der Waals surface area contributed by atoms with Crippen LogP contribution in [0.15, 0.2) is 152 Å². The average molecular weight is 477 g/mol. The van der Waals surface area contributed by atoms with Crippen LogP contribution in [0.5, 0.6) is 0 Å². The van der Waals surface area contributed by atoms with E-state index in [9.17, 15) is 5.26 Å². The van der Waals surface area contributed by atoms with E-state index >= 15 is 0 Å². The molecule has 0 saturated carbocycles. The second-order valence-electron chi connectivity index (χ2n) is 8.18. The van der Waals surface area contributed by atoms with E-state index in [-0.39, 0.29) is 0 Å². The third kappa shape index (κ3) is 5.60. The third-order valence-corrected chi connectivity index (χ3v) is 5.99. The van der Waals surface area contributed by atoms with Gasteiger partial charge in [-0.2, -0.15) is 0 Å². The molecule has 0 heterocycles. The molecular weight excluding hydrogens is 448 g/mol. The second-order valence-corrected chi connectivity index (χ2v) is 8.18. The van der Waals surface area contributed by atoms with Crippen molar-refractivity contribution in [1.29, 1.82) is 0 Å². The van der Waals surface area contributed by atoms with Crippen molar-refractivity contribution in [3.8, 4) is 0 Å². The molecule has 5 aromatic rings. The summed E-state index contributed by atoms with van der Waals surface area (Å²) in [4.78, 5) is 9.62. The average Bonchev–Trinajstić information content (AvgIpc) is 2.98. The Labute approximate surface area is 211 Å². The lowest BCUT2D eigenvalue weighted by atomic mass is 9.80. The maximum absolute atomic E-state index is 9.84. The lowest BCUT2D eigenvalue weighted by Crippen LogP contribution is -2.31. The van der Waals surface area contributed by atoms with Crippen LogP contribution in [-0.4, -0.2) is 10.5 Å². The molecule has 5 rings (SSSR count). The molecule has 180 valence electrons. The monoisotopic (exact) mass is 476 g/mol. The predicted molar refractivity (Wildman–Crippen MR) is 141 cm³/mol. The summed E-state index contributed by atoms with van der Waals surface area (Å²) in [5, 5.41) is 18.8. The highest BCUT2D eigenvalue weighted by molar-refractivity contribution is 5.47. The zero-order valence-electron chi connectivity index (χ0n) is 19.7. The van der Waals surface area contributed by atoms with Crippen LogP contribution in [-0.2, 0) is 15.4 Å². The van der Waals surface area contributed by atoms with Gasteiger partial charge in [0, 0.05) is 0 Å². The number of hydrogen-bond donors (Lipinski definition) is 2. The van der Waals surface area contributed by atoms with E-state index in [0.717, 1.165) is 27.8 Å². The minimum atomic E-state index is -1.02. The van der Waals surface area contributed by atoms with Gasteiger partial charge in [0.05, 0.1) is 0 Å². The summed E-state index contributed by atoms with van der Waals surface area (Å²) in [6.07, 6.45) is -0.410. The maximum Gasteiger partial charge on any atom is 0.178 e. The molecule has 0 fully saturated rings. The first-order chi connectivity index (χ1) is 17.8. The van der Waals surface area contributed by atoms with Crippen molar-refractivity contribution in [3.05, 3.63) is 179 Å². The normalized spacial score (nSPS) is 11.0. The highest BCUT2D eigenvalue weighted by atomic mass is 17.1. The number of hydrogen-bond acceptors (Lipinski definition) is 4. The minimum absolute atomic E-state index is 0.410. The van der Waals surface area contributed by atoms with Crippen molar-refractivity contribution in [2.45, 2.75) is 11.7 Å². The van der Waals surface area contributed by atoms with Crippen LogP contribution in [0.3, 0.4) is 0 Å². The van der Waals surface area contributed by atoms with Crippen LogP contribution in [0.2, 0.25) is 0 Å². The lowest BCUT2D eigenvalue weighted by Gasteiger charge is -2.32. The van der Waals surface area contributed by atoms with Gasteiger partial charge < -0.3 is 0 Å². The van der Waals surface area contributed by atoms with E-state index in [1.807, 2.05) is 152 Å². The lowest BCUT2D eigenvalue weighted by molar-refractivity contribution is -0.302.